The number of aromatic nitrogens is 6. The first kappa shape index (κ1) is 46.5. The molecule has 0 aliphatic carbocycles. The van der Waals surface area contributed by atoms with Gasteiger partial charge in [0.05, 0.1) is 23.8 Å². The van der Waals surface area contributed by atoms with Gasteiger partial charge in [-0.3, -0.25) is 19.2 Å². The van der Waals surface area contributed by atoms with Gasteiger partial charge in [0.25, 0.3) is 11.8 Å². The van der Waals surface area contributed by atoms with E-state index in [9.17, 15) is 19.2 Å². The molecule has 16 heteroatoms. The highest BCUT2D eigenvalue weighted by Gasteiger charge is 2.30. The number of carbonyl (C=O) groups is 4. The average Bonchev–Trinajstić information content (AvgIpc) is 4.17. The van der Waals surface area contributed by atoms with Gasteiger partial charge in [-0.15, -0.1) is 0 Å². The quantitative estimate of drug-likeness (QED) is 0.0866. The molecule has 6 N–H and O–H groups in total. The van der Waals surface area contributed by atoms with Crippen molar-refractivity contribution in [3.63, 3.8) is 0 Å². The molecule has 16 nitrogen and oxygen atoms in total. The molecule has 2 saturated heterocycles. The van der Waals surface area contributed by atoms with Gasteiger partial charge in [-0.05, 0) is 130 Å². The molecule has 6 heterocycles. The molecule has 356 valence electrons. The summed E-state index contributed by atoms with van der Waals surface area (Å²) in [6, 6.07) is 34.1. The summed E-state index contributed by atoms with van der Waals surface area (Å²) in [5, 5.41) is 8.97. The van der Waals surface area contributed by atoms with Gasteiger partial charge in [-0.1, -0.05) is 49.1 Å². The van der Waals surface area contributed by atoms with Crippen LogP contribution in [-0.4, -0.2) is 88.8 Å². The van der Waals surface area contributed by atoms with Crippen LogP contribution in [0.3, 0.4) is 0 Å². The van der Waals surface area contributed by atoms with E-state index in [1.807, 2.05) is 126 Å². The number of primary amides is 2. The third-order valence-corrected chi connectivity index (χ3v) is 12.8. The highest BCUT2D eigenvalue weighted by Crippen LogP contribution is 2.36. The maximum absolute atomic E-state index is 12.4. The van der Waals surface area contributed by atoms with E-state index in [1.165, 1.54) is 0 Å². The zero-order chi connectivity index (χ0) is 48.9. The van der Waals surface area contributed by atoms with Crippen molar-refractivity contribution in [1.82, 2.24) is 39.0 Å². The van der Waals surface area contributed by atoms with Crippen LogP contribution >= 0.6 is 0 Å². The molecule has 0 spiro atoms. The Balaban J connectivity index is 0.000000174. The summed E-state index contributed by atoms with van der Waals surface area (Å²) in [6.45, 7) is 10.0. The highest BCUT2D eigenvalue weighted by atomic mass is 16.5. The minimum atomic E-state index is -0.563. The molecule has 4 aromatic carbocycles. The number of nitrogens with two attached hydrogens (primary N) is 2. The van der Waals surface area contributed by atoms with E-state index in [0.29, 0.717) is 66.0 Å². The second-order valence-electron chi connectivity index (χ2n) is 17.5. The molecule has 0 atom stereocenters. The number of imidazole rings is 2. The molecule has 2 fully saturated rings. The number of nitrogens with one attached hydrogen (secondary N) is 2. The summed E-state index contributed by atoms with van der Waals surface area (Å²) < 4.78 is 14.9. The Labute approximate surface area is 404 Å². The maximum atomic E-state index is 12.4. The lowest BCUT2D eigenvalue weighted by Crippen LogP contribution is -2.38. The molecular weight excluding hydrogens is 885 g/mol. The number of piperidine rings is 2. The summed E-state index contributed by atoms with van der Waals surface area (Å²) in [7, 11) is 0. The summed E-state index contributed by atoms with van der Waals surface area (Å²) in [5.41, 5.74) is 19.1. The third kappa shape index (κ3) is 9.69. The summed E-state index contributed by atoms with van der Waals surface area (Å²) in [4.78, 5) is 59.7. The van der Waals surface area contributed by atoms with Crippen LogP contribution in [0.2, 0.25) is 0 Å². The molecule has 2 aliphatic heterocycles. The monoisotopic (exact) mass is 938 g/mol. The Morgan fingerprint density at radius 1 is 0.600 bits per heavy atom. The van der Waals surface area contributed by atoms with E-state index >= 15 is 0 Å². The predicted molar refractivity (Wildman–Crippen MR) is 267 cm³/mol. The van der Waals surface area contributed by atoms with Crippen LogP contribution < -0.4 is 20.9 Å². The maximum Gasteiger partial charge on any atom is 0.269 e. The van der Waals surface area contributed by atoms with Gasteiger partial charge in [0.15, 0.2) is 11.4 Å². The minimum absolute atomic E-state index is 0.00136. The number of hydrogen-bond acceptors (Lipinski definition) is 8. The molecular formula is C54H54N10O6. The number of para-hydroxylation sites is 2. The van der Waals surface area contributed by atoms with Crippen molar-refractivity contribution in [2.75, 3.05) is 26.2 Å². The number of fused-ring (bicyclic) bond motifs is 2. The lowest BCUT2D eigenvalue weighted by molar-refractivity contribution is -0.128. The number of allylic oxidation sites excluding steroid dienone is 1. The van der Waals surface area contributed by atoms with Crippen molar-refractivity contribution in [2.45, 2.75) is 51.4 Å². The standard InChI is InChI=1S/2C27H27N5O3/c1-17(2)27(34)31-14-12-18(13-15-31)22-16-29-32-24(25(28)33)23(30-26(22)32)19-8-10-21(11-9-19)35-20-6-4-3-5-7-20;1-2-6-23(33)31-15-13-18(14-16-31)22-17-29-32-25(26(28)34)24(30-27(22)32)19-9-11-21(12-10-19)35-20-7-4-3-5-8-20/h3-11,16,18,30H,1,12-15H2,2H3,(H2,28,33);2-12,17-18,30H,13-16H2,1H3,(H2,28,34). The van der Waals surface area contributed by atoms with E-state index in [-0.39, 0.29) is 23.7 Å². The van der Waals surface area contributed by atoms with Crippen LogP contribution in [-0.2, 0) is 9.59 Å². The first-order chi connectivity index (χ1) is 34.0. The van der Waals surface area contributed by atoms with Gasteiger partial charge in [-0.2, -0.15) is 10.2 Å². The first-order valence-electron chi connectivity index (χ1n) is 23.3. The number of hydrogen-bond donors (Lipinski definition) is 4. The van der Waals surface area contributed by atoms with Crippen molar-refractivity contribution < 1.29 is 28.7 Å². The van der Waals surface area contributed by atoms with Gasteiger partial charge in [0.1, 0.15) is 34.3 Å². The molecule has 2 aliphatic rings. The van der Waals surface area contributed by atoms with Crippen LogP contribution in [0.25, 0.3) is 33.8 Å². The summed E-state index contributed by atoms with van der Waals surface area (Å²) in [5.74, 6) is 2.25. The number of ether oxygens (including phenoxy) is 2. The normalized spacial score (nSPS) is 14.4. The molecule has 10 rings (SSSR count). The first-order valence-corrected chi connectivity index (χ1v) is 23.3. The van der Waals surface area contributed by atoms with Crippen molar-refractivity contribution in [3.05, 3.63) is 168 Å². The number of H-pyrrole nitrogens is 2. The van der Waals surface area contributed by atoms with Gasteiger partial charge < -0.3 is 40.7 Å². The minimum Gasteiger partial charge on any atom is -0.457 e. The van der Waals surface area contributed by atoms with E-state index < -0.39 is 11.8 Å². The van der Waals surface area contributed by atoms with Crippen LogP contribution in [0.1, 0.15) is 83.5 Å². The average molecular weight is 939 g/mol. The van der Waals surface area contributed by atoms with Gasteiger partial charge in [0.2, 0.25) is 11.8 Å². The van der Waals surface area contributed by atoms with Crippen LogP contribution in [0.15, 0.2) is 146 Å². The van der Waals surface area contributed by atoms with Crippen LogP contribution in [0.5, 0.6) is 23.0 Å². The fourth-order valence-corrected chi connectivity index (χ4v) is 9.30. The Morgan fingerprint density at radius 3 is 1.36 bits per heavy atom. The highest BCUT2D eigenvalue weighted by molar-refractivity contribution is 5.99. The molecule has 0 saturated carbocycles. The molecule has 0 bridgehead atoms. The van der Waals surface area contributed by atoms with E-state index in [0.717, 1.165) is 70.7 Å². The second kappa shape index (κ2) is 20.3. The predicted octanol–water partition coefficient (Wildman–Crippen LogP) is 9.01. The van der Waals surface area contributed by atoms with E-state index in [2.05, 4.69) is 26.7 Å². The fourth-order valence-electron chi connectivity index (χ4n) is 9.30. The number of amides is 4. The molecule has 4 amide bonds. The Morgan fingerprint density at radius 2 is 0.986 bits per heavy atom. The molecule has 4 aromatic heterocycles. The largest absolute Gasteiger partial charge is 0.457 e. The SMILES string of the molecule is C=C(C)C(=O)N1CCC(c2cnn3c(C(N)=O)c(-c4ccc(Oc5ccccc5)cc4)[nH]c23)CC1.CC=CC(=O)N1CCC(c2cnn3c(C(N)=O)c(-c4ccc(Oc5ccccc5)cc4)[nH]c23)CC1. The van der Waals surface area contributed by atoms with Crippen molar-refractivity contribution >= 4 is 34.9 Å². The zero-order valence-corrected chi connectivity index (χ0v) is 39.0. The number of benzene rings is 4. The second-order valence-corrected chi connectivity index (χ2v) is 17.5. The van der Waals surface area contributed by atoms with Gasteiger partial charge in [0, 0.05) is 54.0 Å². The lowest BCUT2D eigenvalue weighted by Gasteiger charge is -2.31. The Bertz CT molecular complexity index is 3210. The summed E-state index contributed by atoms with van der Waals surface area (Å²) >= 11 is 0. The summed E-state index contributed by atoms with van der Waals surface area (Å²) in [6.07, 6.45) is 10.2. The van der Waals surface area contributed by atoms with Crippen LogP contribution in [0.4, 0.5) is 0 Å². The van der Waals surface area contributed by atoms with Crippen molar-refractivity contribution in [1.29, 1.82) is 0 Å². The number of nitrogens with zero attached hydrogens (tertiary/aromatic N) is 6. The molecule has 0 radical (unpaired) electrons. The van der Waals surface area contributed by atoms with E-state index in [4.69, 9.17) is 20.9 Å². The fraction of sp³-hybridized carbons (Fsp3) is 0.222. The Hall–Kier alpha value is -8.66. The number of likely N-dealkylation sites (tertiary alicyclic amines) is 2. The van der Waals surface area contributed by atoms with Crippen LogP contribution in [0, 0.1) is 0 Å². The van der Waals surface area contributed by atoms with Crippen molar-refractivity contribution in [2.24, 2.45) is 11.5 Å². The third-order valence-electron chi connectivity index (χ3n) is 12.8. The Kier molecular flexibility index (Phi) is 13.5. The topological polar surface area (TPSA) is 211 Å². The van der Waals surface area contributed by atoms with Gasteiger partial charge in [-0.25, -0.2) is 9.03 Å². The molecule has 0 unspecified atom stereocenters. The smallest absolute Gasteiger partial charge is 0.269 e. The zero-order valence-electron chi connectivity index (χ0n) is 39.0. The number of rotatable bonds is 12. The lowest BCUT2D eigenvalue weighted by atomic mass is 9.91. The van der Waals surface area contributed by atoms with E-state index in [1.54, 1.807) is 40.5 Å². The van der Waals surface area contributed by atoms with Gasteiger partial charge >= 0.3 is 0 Å². The molecule has 8 aromatic rings. The number of aromatic amines is 2. The molecule has 70 heavy (non-hydrogen) atoms. The van der Waals surface area contributed by atoms with Crippen molar-refractivity contribution in [3.8, 4) is 45.5 Å². The number of carbonyl (C=O) groups excluding carboxylic acids is 4.